The Kier molecular flexibility index (Phi) is 2.58. The van der Waals surface area contributed by atoms with Crippen molar-refractivity contribution in [1.82, 2.24) is 4.90 Å². The first-order valence-corrected chi connectivity index (χ1v) is 6.02. The zero-order chi connectivity index (χ0) is 11.0. The quantitative estimate of drug-likeness (QED) is 0.730. The lowest BCUT2D eigenvalue weighted by molar-refractivity contribution is 0.0162. The Hall–Kier alpha value is -1.06. The number of nitrogens with zero attached hydrogens (tertiary/aromatic N) is 1. The average Bonchev–Trinajstić information content (AvgIpc) is 2.76. The van der Waals surface area contributed by atoms with Gasteiger partial charge in [-0.05, 0) is 30.0 Å². The average molecular weight is 218 g/mol. The molecule has 1 aromatic carbocycles. The summed E-state index contributed by atoms with van der Waals surface area (Å²) >= 11 is 0. The molecule has 0 saturated carbocycles. The van der Waals surface area contributed by atoms with E-state index in [-0.39, 0.29) is 0 Å². The van der Waals surface area contributed by atoms with E-state index in [1.165, 1.54) is 24.0 Å². The van der Waals surface area contributed by atoms with E-state index >= 15 is 0 Å². The second-order valence-electron chi connectivity index (χ2n) is 4.76. The Labute approximate surface area is 96.2 Å². The van der Waals surface area contributed by atoms with E-state index < -0.39 is 0 Å². The highest BCUT2D eigenvalue weighted by Gasteiger charge is 2.28. The summed E-state index contributed by atoms with van der Waals surface area (Å²) in [7, 11) is 0. The molecule has 16 heavy (non-hydrogen) atoms. The zero-order valence-electron chi connectivity index (χ0n) is 9.48. The van der Waals surface area contributed by atoms with E-state index in [0.29, 0.717) is 6.04 Å². The number of nitrogens with two attached hydrogens (primary N) is 1. The number of hydrogen-bond donors (Lipinski definition) is 1. The molecule has 0 aliphatic carbocycles. The van der Waals surface area contributed by atoms with Gasteiger partial charge in [0.1, 0.15) is 0 Å². The lowest BCUT2D eigenvalue weighted by atomic mass is 10.1. The van der Waals surface area contributed by atoms with E-state index in [4.69, 9.17) is 10.5 Å². The van der Waals surface area contributed by atoms with Crippen LogP contribution in [0.1, 0.15) is 24.0 Å². The summed E-state index contributed by atoms with van der Waals surface area (Å²) in [6.45, 7) is 3.84. The third-order valence-corrected chi connectivity index (χ3v) is 3.70. The molecule has 1 saturated heterocycles. The molecule has 1 unspecified atom stereocenters. The second kappa shape index (κ2) is 4.07. The molecular weight excluding hydrogens is 200 g/mol. The molecule has 3 nitrogen and oxygen atoms in total. The van der Waals surface area contributed by atoms with Gasteiger partial charge in [0.25, 0.3) is 0 Å². The summed E-state index contributed by atoms with van der Waals surface area (Å²) < 4.78 is 5.55. The third-order valence-electron chi connectivity index (χ3n) is 3.70. The van der Waals surface area contributed by atoms with Gasteiger partial charge in [-0.15, -0.1) is 0 Å². The molecule has 1 aromatic rings. The zero-order valence-corrected chi connectivity index (χ0v) is 9.48. The molecule has 86 valence electrons. The number of anilines is 1. The Bertz CT molecular complexity index is 386. The summed E-state index contributed by atoms with van der Waals surface area (Å²) in [5.74, 6) is 0. The van der Waals surface area contributed by atoms with Crippen molar-refractivity contribution in [1.29, 1.82) is 0 Å². The molecule has 1 fully saturated rings. The first-order chi connectivity index (χ1) is 7.84. The molecule has 0 spiro atoms. The largest absolute Gasteiger partial charge is 0.398 e. The molecule has 0 bridgehead atoms. The van der Waals surface area contributed by atoms with Crippen LogP contribution in [0.2, 0.25) is 0 Å². The number of hydrogen-bond acceptors (Lipinski definition) is 3. The molecule has 2 N–H and O–H groups in total. The van der Waals surface area contributed by atoms with Crippen molar-refractivity contribution in [2.45, 2.75) is 32.0 Å². The second-order valence-corrected chi connectivity index (χ2v) is 4.76. The molecule has 2 heterocycles. The first-order valence-electron chi connectivity index (χ1n) is 6.02. The number of nitrogen functional groups attached to an aromatic ring is 1. The van der Waals surface area contributed by atoms with Gasteiger partial charge in [-0.25, -0.2) is 0 Å². The highest BCUT2D eigenvalue weighted by Crippen LogP contribution is 2.30. The first kappa shape index (κ1) is 10.1. The fourth-order valence-corrected chi connectivity index (χ4v) is 2.74. The summed E-state index contributed by atoms with van der Waals surface area (Å²) in [4.78, 5) is 2.50. The molecule has 2 aliphatic heterocycles. The van der Waals surface area contributed by atoms with Crippen LogP contribution in [0, 0.1) is 0 Å². The van der Waals surface area contributed by atoms with Crippen molar-refractivity contribution in [3.63, 3.8) is 0 Å². The minimum atomic E-state index is 0.584. The standard InChI is InChI=1S/C13H18N2O/c14-13-5-1-3-10-7-15(8-12(10)13)11-4-2-6-16-9-11/h1,3,5,11H,2,4,6-9,14H2. The third kappa shape index (κ3) is 1.70. The van der Waals surface area contributed by atoms with Crippen LogP contribution in [0.25, 0.3) is 0 Å². The molecule has 1 atom stereocenters. The molecule has 0 radical (unpaired) electrons. The fraction of sp³-hybridized carbons (Fsp3) is 0.538. The van der Waals surface area contributed by atoms with Crippen LogP contribution >= 0.6 is 0 Å². The summed E-state index contributed by atoms with van der Waals surface area (Å²) in [6, 6.07) is 6.82. The van der Waals surface area contributed by atoms with E-state index in [0.717, 1.165) is 32.0 Å². The maximum Gasteiger partial charge on any atom is 0.0622 e. The Morgan fingerprint density at radius 2 is 2.25 bits per heavy atom. The Morgan fingerprint density at radius 1 is 1.31 bits per heavy atom. The highest BCUT2D eigenvalue weighted by atomic mass is 16.5. The van der Waals surface area contributed by atoms with Crippen LogP contribution in [-0.2, 0) is 17.8 Å². The van der Waals surface area contributed by atoms with Gasteiger partial charge in [-0.1, -0.05) is 12.1 Å². The van der Waals surface area contributed by atoms with Crippen molar-refractivity contribution in [2.24, 2.45) is 0 Å². The Balaban J connectivity index is 1.77. The van der Waals surface area contributed by atoms with Crippen molar-refractivity contribution in [3.8, 4) is 0 Å². The maximum absolute atomic E-state index is 6.01. The molecule has 2 aliphatic rings. The maximum atomic E-state index is 6.01. The van der Waals surface area contributed by atoms with Gasteiger partial charge >= 0.3 is 0 Å². The van der Waals surface area contributed by atoms with Gasteiger partial charge in [0.2, 0.25) is 0 Å². The van der Waals surface area contributed by atoms with E-state index in [1.54, 1.807) is 0 Å². The van der Waals surface area contributed by atoms with Crippen molar-refractivity contribution >= 4 is 5.69 Å². The molecule has 3 heteroatoms. The summed E-state index contributed by atoms with van der Waals surface area (Å²) in [6.07, 6.45) is 2.45. The molecule has 3 rings (SSSR count). The lowest BCUT2D eigenvalue weighted by Crippen LogP contribution is -2.37. The SMILES string of the molecule is Nc1cccc2c1CN(C1CCCOC1)C2. The van der Waals surface area contributed by atoms with E-state index in [1.807, 2.05) is 6.07 Å². The normalized spacial score (nSPS) is 25.6. The van der Waals surface area contributed by atoms with Crippen molar-refractivity contribution < 1.29 is 4.74 Å². The smallest absolute Gasteiger partial charge is 0.0622 e. The van der Waals surface area contributed by atoms with Crippen LogP contribution in [0.4, 0.5) is 5.69 Å². The molecule has 0 aromatic heterocycles. The van der Waals surface area contributed by atoms with Crippen LogP contribution in [0.5, 0.6) is 0 Å². The van der Waals surface area contributed by atoms with Crippen molar-refractivity contribution in [2.75, 3.05) is 18.9 Å². The lowest BCUT2D eigenvalue weighted by Gasteiger charge is -2.30. The van der Waals surface area contributed by atoms with Gasteiger partial charge in [-0.2, -0.15) is 0 Å². The topological polar surface area (TPSA) is 38.5 Å². The van der Waals surface area contributed by atoms with Crippen molar-refractivity contribution in [3.05, 3.63) is 29.3 Å². The van der Waals surface area contributed by atoms with Gasteiger partial charge in [0, 0.05) is 31.4 Å². The van der Waals surface area contributed by atoms with Gasteiger partial charge in [-0.3, -0.25) is 4.90 Å². The monoisotopic (exact) mass is 218 g/mol. The van der Waals surface area contributed by atoms with Crippen LogP contribution in [0.15, 0.2) is 18.2 Å². The van der Waals surface area contributed by atoms with Crippen LogP contribution < -0.4 is 5.73 Å². The van der Waals surface area contributed by atoms with Gasteiger partial charge in [0.15, 0.2) is 0 Å². The van der Waals surface area contributed by atoms with Crippen LogP contribution in [-0.4, -0.2) is 24.2 Å². The summed E-state index contributed by atoms with van der Waals surface area (Å²) in [5, 5.41) is 0. The fourth-order valence-electron chi connectivity index (χ4n) is 2.74. The number of ether oxygens (including phenoxy) is 1. The number of rotatable bonds is 1. The minimum Gasteiger partial charge on any atom is -0.398 e. The predicted octanol–water partition coefficient (Wildman–Crippen LogP) is 1.76. The number of fused-ring (bicyclic) bond motifs is 1. The van der Waals surface area contributed by atoms with Gasteiger partial charge < -0.3 is 10.5 Å². The highest BCUT2D eigenvalue weighted by molar-refractivity contribution is 5.52. The van der Waals surface area contributed by atoms with Crippen LogP contribution in [0.3, 0.4) is 0 Å². The van der Waals surface area contributed by atoms with Gasteiger partial charge in [0.05, 0.1) is 6.61 Å². The summed E-state index contributed by atoms with van der Waals surface area (Å²) in [5.41, 5.74) is 9.67. The predicted molar refractivity (Wildman–Crippen MR) is 63.9 cm³/mol. The molecule has 0 amide bonds. The minimum absolute atomic E-state index is 0.584. The molecular formula is C13H18N2O. The Morgan fingerprint density at radius 3 is 3.00 bits per heavy atom. The van der Waals surface area contributed by atoms with E-state index in [2.05, 4.69) is 17.0 Å². The van der Waals surface area contributed by atoms with E-state index in [9.17, 15) is 0 Å². The number of benzene rings is 1.